The average Bonchev–Trinajstić information content (AvgIpc) is 2.40. The van der Waals surface area contributed by atoms with Crippen LogP contribution in [0, 0.1) is 6.92 Å². The van der Waals surface area contributed by atoms with Crippen molar-refractivity contribution >= 4 is 17.5 Å². The molecule has 1 N–H and O–H groups in total. The SMILES string of the molecule is CCOCCN(C)C(=O)Nc1ccc(C)nc1N(C)C. The van der Waals surface area contributed by atoms with Crippen molar-refractivity contribution in [2.45, 2.75) is 13.8 Å². The number of nitrogens with zero attached hydrogens (tertiary/aromatic N) is 3. The fraction of sp³-hybridized carbons (Fsp3) is 0.571. The van der Waals surface area contributed by atoms with Gasteiger partial charge in [-0.25, -0.2) is 9.78 Å². The lowest BCUT2D eigenvalue weighted by Crippen LogP contribution is -2.34. The minimum atomic E-state index is -0.168. The van der Waals surface area contributed by atoms with E-state index in [9.17, 15) is 4.79 Å². The lowest BCUT2D eigenvalue weighted by Gasteiger charge is -2.21. The van der Waals surface area contributed by atoms with E-state index < -0.39 is 0 Å². The van der Waals surface area contributed by atoms with Crippen LogP contribution in [-0.4, -0.2) is 56.8 Å². The van der Waals surface area contributed by atoms with Crippen LogP contribution in [0.1, 0.15) is 12.6 Å². The van der Waals surface area contributed by atoms with Crippen molar-refractivity contribution in [2.24, 2.45) is 0 Å². The summed E-state index contributed by atoms with van der Waals surface area (Å²) in [5.74, 6) is 0.747. The van der Waals surface area contributed by atoms with Gasteiger partial charge in [0.1, 0.15) is 0 Å². The minimum Gasteiger partial charge on any atom is -0.380 e. The Labute approximate surface area is 120 Å². The summed E-state index contributed by atoms with van der Waals surface area (Å²) in [7, 11) is 5.54. The quantitative estimate of drug-likeness (QED) is 0.809. The lowest BCUT2D eigenvalue weighted by atomic mass is 10.3. The first-order valence-electron chi connectivity index (χ1n) is 6.70. The number of ether oxygens (including phenoxy) is 1. The lowest BCUT2D eigenvalue weighted by molar-refractivity contribution is 0.128. The molecule has 0 atom stereocenters. The Kier molecular flexibility index (Phi) is 6.24. The molecule has 20 heavy (non-hydrogen) atoms. The third kappa shape index (κ3) is 4.70. The third-order valence-electron chi connectivity index (χ3n) is 2.80. The molecule has 0 aromatic carbocycles. The van der Waals surface area contributed by atoms with E-state index in [2.05, 4.69) is 10.3 Å². The highest BCUT2D eigenvalue weighted by atomic mass is 16.5. The molecule has 0 saturated heterocycles. The largest absolute Gasteiger partial charge is 0.380 e. The number of urea groups is 1. The summed E-state index contributed by atoms with van der Waals surface area (Å²) in [5, 5.41) is 2.87. The summed E-state index contributed by atoms with van der Waals surface area (Å²) >= 11 is 0. The zero-order chi connectivity index (χ0) is 15.1. The van der Waals surface area contributed by atoms with Crippen molar-refractivity contribution in [1.29, 1.82) is 0 Å². The van der Waals surface area contributed by atoms with E-state index in [0.29, 0.717) is 25.4 Å². The predicted octanol–water partition coefficient (Wildman–Crippen LogP) is 1.96. The Bertz CT molecular complexity index is 449. The molecule has 0 radical (unpaired) electrons. The van der Waals surface area contributed by atoms with Crippen molar-refractivity contribution in [2.75, 3.05) is 51.1 Å². The fourth-order valence-corrected chi connectivity index (χ4v) is 1.64. The van der Waals surface area contributed by atoms with E-state index >= 15 is 0 Å². The molecular formula is C14H24N4O2. The summed E-state index contributed by atoms with van der Waals surface area (Å²) in [6, 6.07) is 3.58. The number of aromatic nitrogens is 1. The molecule has 0 aliphatic rings. The molecule has 1 rings (SSSR count). The molecule has 0 spiro atoms. The van der Waals surface area contributed by atoms with E-state index in [1.54, 1.807) is 11.9 Å². The second kappa shape index (κ2) is 7.69. The number of aryl methyl sites for hydroxylation is 1. The van der Waals surface area contributed by atoms with Crippen LogP contribution in [0.5, 0.6) is 0 Å². The maximum absolute atomic E-state index is 12.1. The number of rotatable bonds is 6. The molecule has 2 amide bonds. The van der Waals surface area contributed by atoms with Gasteiger partial charge in [-0.2, -0.15) is 0 Å². The summed E-state index contributed by atoms with van der Waals surface area (Å²) in [6.07, 6.45) is 0. The van der Waals surface area contributed by atoms with Crippen LogP contribution in [0.25, 0.3) is 0 Å². The number of anilines is 2. The fourth-order valence-electron chi connectivity index (χ4n) is 1.64. The Hall–Kier alpha value is -1.82. The van der Waals surface area contributed by atoms with E-state index in [4.69, 9.17) is 4.74 Å². The number of nitrogens with one attached hydrogen (secondary N) is 1. The van der Waals surface area contributed by atoms with Gasteiger partial charge in [0, 0.05) is 40.0 Å². The Morgan fingerprint density at radius 3 is 2.65 bits per heavy atom. The van der Waals surface area contributed by atoms with Gasteiger partial charge in [-0.1, -0.05) is 0 Å². The zero-order valence-corrected chi connectivity index (χ0v) is 12.9. The number of hydrogen-bond acceptors (Lipinski definition) is 4. The van der Waals surface area contributed by atoms with Crippen molar-refractivity contribution in [1.82, 2.24) is 9.88 Å². The van der Waals surface area contributed by atoms with Gasteiger partial charge < -0.3 is 19.9 Å². The van der Waals surface area contributed by atoms with Gasteiger partial charge in [-0.3, -0.25) is 0 Å². The van der Waals surface area contributed by atoms with Crippen LogP contribution >= 0.6 is 0 Å². The topological polar surface area (TPSA) is 57.7 Å². The molecule has 6 heteroatoms. The average molecular weight is 280 g/mol. The molecule has 1 aromatic rings. The highest BCUT2D eigenvalue weighted by molar-refractivity contribution is 5.92. The van der Waals surface area contributed by atoms with Crippen molar-refractivity contribution < 1.29 is 9.53 Å². The summed E-state index contributed by atoms with van der Waals surface area (Å²) < 4.78 is 5.24. The van der Waals surface area contributed by atoms with Gasteiger partial charge >= 0.3 is 6.03 Å². The first kappa shape index (κ1) is 16.2. The minimum absolute atomic E-state index is 0.168. The van der Waals surface area contributed by atoms with Gasteiger partial charge in [-0.05, 0) is 26.0 Å². The van der Waals surface area contributed by atoms with E-state index in [0.717, 1.165) is 11.5 Å². The normalized spacial score (nSPS) is 10.2. The Morgan fingerprint density at radius 1 is 1.35 bits per heavy atom. The van der Waals surface area contributed by atoms with Crippen molar-refractivity contribution in [3.05, 3.63) is 17.8 Å². The second-order valence-electron chi connectivity index (χ2n) is 4.77. The zero-order valence-electron chi connectivity index (χ0n) is 12.9. The van der Waals surface area contributed by atoms with Gasteiger partial charge in [0.25, 0.3) is 0 Å². The van der Waals surface area contributed by atoms with E-state index in [-0.39, 0.29) is 6.03 Å². The number of carbonyl (C=O) groups is 1. The Balaban J connectivity index is 2.70. The summed E-state index contributed by atoms with van der Waals surface area (Å²) in [5.41, 5.74) is 1.62. The van der Waals surface area contributed by atoms with Crippen LogP contribution in [0.15, 0.2) is 12.1 Å². The molecule has 0 bridgehead atoms. The highest BCUT2D eigenvalue weighted by Gasteiger charge is 2.13. The molecule has 1 heterocycles. The number of amides is 2. The number of carbonyl (C=O) groups excluding carboxylic acids is 1. The molecule has 1 aromatic heterocycles. The molecule has 0 aliphatic carbocycles. The van der Waals surface area contributed by atoms with Crippen LogP contribution in [0.3, 0.4) is 0 Å². The first-order valence-corrected chi connectivity index (χ1v) is 6.70. The van der Waals surface area contributed by atoms with E-state index in [1.807, 2.05) is 45.0 Å². The van der Waals surface area contributed by atoms with Crippen LogP contribution < -0.4 is 10.2 Å². The molecular weight excluding hydrogens is 256 g/mol. The number of pyridine rings is 1. The molecule has 112 valence electrons. The maximum atomic E-state index is 12.1. The molecule has 0 saturated carbocycles. The second-order valence-corrected chi connectivity index (χ2v) is 4.77. The van der Waals surface area contributed by atoms with Crippen LogP contribution in [0.4, 0.5) is 16.3 Å². The smallest absolute Gasteiger partial charge is 0.321 e. The van der Waals surface area contributed by atoms with Gasteiger partial charge in [0.15, 0.2) is 5.82 Å². The highest BCUT2D eigenvalue weighted by Crippen LogP contribution is 2.22. The third-order valence-corrected chi connectivity index (χ3v) is 2.80. The Morgan fingerprint density at radius 2 is 2.05 bits per heavy atom. The maximum Gasteiger partial charge on any atom is 0.321 e. The first-order chi connectivity index (χ1) is 9.45. The van der Waals surface area contributed by atoms with Crippen molar-refractivity contribution in [3.63, 3.8) is 0 Å². The number of hydrogen-bond donors (Lipinski definition) is 1. The summed E-state index contributed by atoms with van der Waals surface area (Å²) in [4.78, 5) is 20.0. The van der Waals surface area contributed by atoms with Gasteiger partial charge in [-0.15, -0.1) is 0 Å². The van der Waals surface area contributed by atoms with Crippen LogP contribution in [-0.2, 0) is 4.74 Å². The standard InChI is InChI=1S/C14H24N4O2/c1-6-20-10-9-18(5)14(19)16-12-8-7-11(2)15-13(12)17(3)4/h7-8H,6,9-10H2,1-5H3,(H,16,19). The molecule has 0 fully saturated rings. The predicted molar refractivity (Wildman–Crippen MR) is 81.4 cm³/mol. The molecule has 6 nitrogen and oxygen atoms in total. The van der Waals surface area contributed by atoms with Gasteiger partial charge in [0.05, 0.1) is 12.3 Å². The van der Waals surface area contributed by atoms with E-state index in [1.165, 1.54) is 0 Å². The molecule has 0 aliphatic heterocycles. The molecule has 0 unspecified atom stereocenters. The monoisotopic (exact) mass is 280 g/mol. The van der Waals surface area contributed by atoms with Crippen molar-refractivity contribution in [3.8, 4) is 0 Å². The summed E-state index contributed by atoms with van der Waals surface area (Å²) in [6.45, 7) is 5.60. The number of likely N-dealkylation sites (N-methyl/N-ethyl adjacent to an activating group) is 1. The van der Waals surface area contributed by atoms with Gasteiger partial charge in [0.2, 0.25) is 0 Å². The van der Waals surface area contributed by atoms with Crippen LogP contribution in [0.2, 0.25) is 0 Å².